The van der Waals surface area contributed by atoms with Crippen molar-refractivity contribution < 1.29 is 4.57 Å². The van der Waals surface area contributed by atoms with E-state index in [0.717, 1.165) is 28.8 Å². The van der Waals surface area contributed by atoms with Crippen molar-refractivity contribution in [1.82, 2.24) is 0 Å². The summed E-state index contributed by atoms with van der Waals surface area (Å²) in [6.45, 7) is 8.75. The van der Waals surface area contributed by atoms with Crippen LogP contribution in [0.2, 0.25) is 0 Å². The highest BCUT2D eigenvalue weighted by atomic mass is 31.2. The van der Waals surface area contributed by atoms with Gasteiger partial charge >= 0.3 is 0 Å². The molecule has 0 atom stereocenters. The van der Waals surface area contributed by atoms with Crippen molar-refractivity contribution >= 4 is 55.5 Å². The van der Waals surface area contributed by atoms with Gasteiger partial charge in [-0.2, -0.15) is 0 Å². The molecule has 8 aromatic rings. The zero-order chi connectivity index (χ0) is 34.4. The lowest BCUT2D eigenvalue weighted by molar-refractivity contribution is 0.563. The molecule has 0 unspecified atom stereocenters. The normalized spacial score (nSPS) is 12.2. The van der Waals surface area contributed by atoms with Crippen molar-refractivity contribution in [2.75, 3.05) is 12.3 Å². The van der Waals surface area contributed by atoms with E-state index in [1.807, 2.05) is 0 Å². The van der Waals surface area contributed by atoms with E-state index in [1.54, 1.807) is 0 Å². The van der Waals surface area contributed by atoms with Crippen LogP contribution in [0.5, 0.6) is 0 Å². The van der Waals surface area contributed by atoms with E-state index in [-0.39, 0.29) is 0 Å². The van der Waals surface area contributed by atoms with Crippen LogP contribution in [0.4, 0.5) is 0 Å². The summed E-state index contributed by atoms with van der Waals surface area (Å²) >= 11 is 0. The Balaban J connectivity index is 1.41. The maximum absolute atomic E-state index is 14.6. The molecule has 0 saturated heterocycles. The van der Waals surface area contributed by atoms with Gasteiger partial charge in [0.1, 0.15) is 7.14 Å². The van der Waals surface area contributed by atoms with Crippen LogP contribution >= 0.6 is 7.14 Å². The molecule has 0 saturated carbocycles. The Labute approximate surface area is 296 Å². The Kier molecular flexibility index (Phi) is 8.42. The van der Waals surface area contributed by atoms with Crippen LogP contribution in [0.3, 0.4) is 0 Å². The second kappa shape index (κ2) is 13.1. The molecule has 0 amide bonds. The van der Waals surface area contributed by atoms with E-state index in [1.165, 1.54) is 65.3 Å². The van der Waals surface area contributed by atoms with Crippen LogP contribution in [-0.4, -0.2) is 12.3 Å². The van der Waals surface area contributed by atoms with E-state index in [9.17, 15) is 4.57 Å². The average Bonchev–Trinajstić information content (AvgIpc) is 3.12. The predicted molar refractivity (Wildman–Crippen MR) is 219 cm³/mol. The first-order chi connectivity index (χ1) is 24.3. The Morgan fingerprint density at radius 2 is 0.860 bits per heavy atom. The Hall–Kier alpha value is -4.97. The second-order valence-corrected chi connectivity index (χ2v) is 17.8. The first kappa shape index (κ1) is 32.2. The van der Waals surface area contributed by atoms with E-state index in [2.05, 4.69) is 179 Å². The van der Waals surface area contributed by atoms with Crippen LogP contribution in [0.15, 0.2) is 152 Å². The van der Waals surface area contributed by atoms with E-state index < -0.39 is 7.14 Å². The van der Waals surface area contributed by atoms with Crippen molar-refractivity contribution in [3.05, 3.63) is 152 Å². The molecule has 246 valence electrons. The summed E-state index contributed by atoms with van der Waals surface area (Å²) in [4.78, 5) is 0. The zero-order valence-electron chi connectivity index (χ0n) is 29.4. The highest BCUT2D eigenvalue weighted by molar-refractivity contribution is 7.71. The molecule has 0 spiro atoms. The predicted octanol–water partition coefficient (Wildman–Crippen LogP) is 13.6. The third kappa shape index (κ3) is 5.95. The van der Waals surface area contributed by atoms with E-state index >= 15 is 0 Å². The zero-order valence-corrected chi connectivity index (χ0v) is 30.3. The van der Waals surface area contributed by atoms with Crippen LogP contribution in [0.25, 0.3) is 76.5 Å². The van der Waals surface area contributed by atoms with E-state index in [4.69, 9.17) is 0 Å². The number of hydrogen-bond donors (Lipinski definition) is 0. The number of hydrogen-bond acceptors (Lipinski definition) is 1. The monoisotopic (exact) mass is 666 g/mol. The molecule has 8 rings (SSSR count). The molecule has 0 aromatic heterocycles. The molecule has 0 aliphatic heterocycles. The largest absolute Gasteiger partial charge is 0.319 e. The quantitative estimate of drug-likeness (QED) is 0.117. The van der Waals surface area contributed by atoms with Crippen molar-refractivity contribution in [2.24, 2.45) is 11.8 Å². The fourth-order valence-corrected chi connectivity index (χ4v) is 11.7. The van der Waals surface area contributed by atoms with Crippen LogP contribution in [0.1, 0.15) is 27.7 Å². The summed E-state index contributed by atoms with van der Waals surface area (Å²) in [6.07, 6.45) is 1.47. The summed E-state index contributed by atoms with van der Waals surface area (Å²) in [5.41, 5.74) is 7.18. The standard InChI is InChI=1S/C48H43OP/c1-32(2)30-50(49,31-33(3)4)42-17-11-16-38(28-42)39-24-25-45-46(29-39)48(41-23-21-35-13-6-8-15-37(35)27-41)44-19-10-9-18-43(44)47(45)40-22-20-34-12-5-7-14-36(34)26-40/h5-29,32-33H,30-31H2,1-4H3. The minimum absolute atomic E-state index is 0.371. The fraction of sp³-hybridized carbons (Fsp3) is 0.167. The summed E-state index contributed by atoms with van der Waals surface area (Å²) < 4.78 is 14.6. The first-order valence-electron chi connectivity index (χ1n) is 17.9. The van der Waals surface area contributed by atoms with Crippen molar-refractivity contribution in [3.8, 4) is 33.4 Å². The molecule has 0 N–H and O–H groups in total. The smallest absolute Gasteiger partial charge is 0.116 e. The van der Waals surface area contributed by atoms with Gasteiger partial charge in [0.2, 0.25) is 0 Å². The Morgan fingerprint density at radius 1 is 0.400 bits per heavy atom. The van der Waals surface area contributed by atoms with Crippen molar-refractivity contribution in [3.63, 3.8) is 0 Å². The minimum Gasteiger partial charge on any atom is -0.319 e. The van der Waals surface area contributed by atoms with Crippen LogP contribution in [-0.2, 0) is 4.57 Å². The first-order valence-corrected chi connectivity index (χ1v) is 20.0. The molecule has 0 radical (unpaired) electrons. The molecule has 0 fully saturated rings. The molecule has 0 bridgehead atoms. The van der Waals surface area contributed by atoms with Gasteiger partial charge in [0.25, 0.3) is 0 Å². The minimum atomic E-state index is -2.56. The maximum Gasteiger partial charge on any atom is 0.116 e. The molecule has 50 heavy (non-hydrogen) atoms. The fourth-order valence-electron chi connectivity index (χ4n) is 8.07. The molecule has 8 aromatic carbocycles. The van der Waals surface area contributed by atoms with Crippen molar-refractivity contribution in [2.45, 2.75) is 27.7 Å². The van der Waals surface area contributed by atoms with Gasteiger partial charge in [0.15, 0.2) is 0 Å². The molecule has 0 heterocycles. The summed E-state index contributed by atoms with van der Waals surface area (Å²) in [6, 6.07) is 55.4. The maximum atomic E-state index is 14.6. The lowest BCUT2D eigenvalue weighted by Crippen LogP contribution is -2.16. The molecule has 0 aliphatic rings. The highest BCUT2D eigenvalue weighted by Crippen LogP contribution is 2.49. The average molecular weight is 667 g/mol. The van der Waals surface area contributed by atoms with Gasteiger partial charge in [0.05, 0.1) is 0 Å². The number of rotatable bonds is 8. The van der Waals surface area contributed by atoms with Gasteiger partial charge < -0.3 is 4.57 Å². The molecule has 1 nitrogen and oxygen atoms in total. The van der Waals surface area contributed by atoms with Gasteiger partial charge in [-0.25, -0.2) is 0 Å². The van der Waals surface area contributed by atoms with E-state index in [0.29, 0.717) is 11.8 Å². The third-order valence-corrected chi connectivity index (χ3v) is 13.9. The lowest BCUT2D eigenvalue weighted by Gasteiger charge is -2.23. The highest BCUT2D eigenvalue weighted by Gasteiger charge is 2.27. The Morgan fingerprint density at radius 3 is 1.42 bits per heavy atom. The second-order valence-electron chi connectivity index (χ2n) is 14.8. The number of benzene rings is 8. The summed E-state index contributed by atoms with van der Waals surface area (Å²) in [7, 11) is -2.56. The summed E-state index contributed by atoms with van der Waals surface area (Å²) in [5, 5.41) is 10.9. The Bertz CT molecular complexity index is 2580. The van der Waals surface area contributed by atoms with Crippen LogP contribution in [0, 0.1) is 11.8 Å². The lowest BCUT2D eigenvalue weighted by atomic mass is 9.84. The summed E-state index contributed by atoms with van der Waals surface area (Å²) in [5.74, 6) is 0.741. The number of fused-ring (bicyclic) bond motifs is 4. The SMILES string of the molecule is CC(C)CP(=O)(CC(C)C)c1cccc(-c2ccc3c(-c4ccc5ccccc5c4)c4ccccc4c(-c4ccc5ccccc5c4)c3c2)c1. The molecule has 0 aliphatic carbocycles. The molecule has 2 heteroatoms. The molecular weight excluding hydrogens is 624 g/mol. The molecular formula is C48H43OP. The topological polar surface area (TPSA) is 17.1 Å². The van der Waals surface area contributed by atoms with Crippen molar-refractivity contribution in [1.29, 1.82) is 0 Å². The van der Waals surface area contributed by atoms with Gasteiger partial charge in [-0.15, -0.1) is 0 Å². The van der Waals surface area contributed by atoms with Gasteiger partial charge in [0, 0.05) is 17.6 Å². The van der Waals surface area contributed by atoms with Gasteiger partial charge in [-0.05, 0) is 113 Å². The van der Waals surface area contributed by atoms with Crippen LogP contribution < -0.4 is 5.30 Å². The third-order valence-electron chi connectivity index (χ3n) is 10.1. The van der Waals surface area contributed by atoms with Gasteiger partial charge in [-0.3, -0.25) is 0 Å². The van der Waals surface area contributed by atoms with Gasteiger partial charge in [-0.1, -0.05) is 155 Å².